The van der Waals surface area contributed by atoms with Crippen molar-refractivity contribution in [1.82, 2.24) is 9.97 Å². The Morgan fingerprint density at radius 2 is 1.86 bits per heavy atom. The summed E-state index contributed by atoms with van der Waals surface area (Å²) in [5.74, 6) is 0.531. The highest BCUT2D eigenvalue weighted by molar-refractivity contribution is 5.43. The number of aromatic nitrogens is 2. The van der Waals surface area contributed by atoms with E-state index in [4.69, 9.17) is 9.47 Å². The topological polar surface area (TPSA) is 56.3 Å². The summed E-state index contributed by atoms with van der Waals surface area (Å²) in [4.78, 5) is 7.75. The van der Waals surface area contributed by atoms with Crippen LogP contribution in [0.3, 0.4) is 0 Å². The first kappa shape index (κ1) is 16.0. The molecule has 0 saturated carbocycles. The number of halogens is 1. The summed E-state index contributed by atoms with van der Waals surface area (Å²) in [6, 6.07) is 4.17. The number of nitrogens with one attached hydrogen (secondary N) is 1. The van der Waals surface area contributed by atoms with Crippen molar-refractivity contribution >= 4 is 5.95 Å². The van der Waals surface area contributed by atoms with Crippen LogP contribution in [0.4, 0.5) is 10.3 Å². The fraction of sp³-hybridized carbons (Fsp3) is 0.375. The van der Waals surface area contributed by atoms with E-state index in [1.165, 1.54) is 12.7 Å². The molecule has 1 heterocycles. The molecule has 1 N–H and O–H groups in total. The monoisotopic (exact) mass is 305 g/mol. The van der Waals surface area contributed by atoms with Crippen molar-refractivity contribution in [3.63, 3.8) is 0 Å². The van der Waals surface area contributed by atoms with Crippen LogP contribution in [0.2, 0.25) is 0 Å². The Bertz CT molecular complexity index is 639. The molecule has 0 amide bonds. The van der Waals surface area contributed by atoms with Crippen molar-refractivity contribution in [2.24, 2.45) is 0 Å². The Hall–Kier alpha value is -2.37. The summed E-state index contributed by atoms with van der Waals surface area (Å²) >= 11 is 0. The predicted molar refractivity (Wildman–Crippen MR) is 83.2 cm³/mol. The lowest BCUT2D eigenvalue weighted by Crippen LogP contribution is -2.14. The van der Waals surface area contributed by atoms with Gasteiger partial charge in [0.2, 0.25) is 11.8 Å². The molecular formula is C16H20FN3O2. The minimum Gasteiger partial charge on any atom is -0.491 e. The van der Waals surface area contributed by atoms with Gasteiger partial charge in [-0.15, -0.1) is 0 Å². The molecule has 1 aromatic carbocycles. The third kappa shape index (κ3) is 3.84. The molecule has 0 saturated heterocycles. The Balaban J connectivity index is 1.90. The standard InChI is InChI=1S/C16H20FN3O2/c1-10-7-11(2)14(12(3)8-10)22-6-5-18-16-19-9-13(17)15(20-16)21-4/h7-9H,5-6H2,1-4H3,(H,18,19,20). The summed E-state index contributed by atoms with van der Waals surface area (Å²) in [6.45, 7) is 7.06. The van der Waals surface area contributed by atoms with E-state index in [1.807, 2.05) is 13.8 Å². The second kappa shape index (κ2) is 7.06. The van der Waals surface area contributed by atoms with E-state index >= 15 is 0 Å². The van der Waals surface area contributed by atoms with Gasteiger partial charge in [-0.3, -0.25) is 0 Å². The van der Waals surface area contributed by atoms with Gasteiger partial charge < -0.3 is 14.8 Å². The van der Waals surface area contributed by atoms with Crippen LogP contribution in [0, 0.1) is 26.6 Å². The molecule has 5 nitrogen and oxygen atoms in total. The van der Waals surface area contributed by atoms with Crippen LogP contribution >= 0.6 is 0 Å². The molecule has 2 aromatic rings. The fourth-order valence-electron chi connectivity index (χ4n) is 2.29. The van der Waals surface area contributed by atoms with E-state index in [0.717, 1.165) is 23.1 Å². The highest BCUT2D eigenvalue weighted by Gasteiger charge is 2.07. The van der Waals surface area contributed by atoms with Gasteiger partial charge in [-0.2, -0.15) is 9.37 Å². The Kier molecular flexibility index (Phi) is 5.14. The van der Waals surface area contributed by atoms with Gasteiger partial charge in [0.25, 0.3) is 5.88 Å². The quantitative estimate of drug-likeness (QED) is 0.831. The second-order valence-corrected chi connectivity index (χ2v) is 5.05. The lowest BCUT2D eigenvalue weighted by Gasteiger charge is -2.13. The van der Waals surface area contributed by atoms with Crippen molar-refractivity contribution in [1.29, 1.82) is 0 Å². The molecule has 0 bridgehead atoms. The van der Waals surface area contributed by atoms with Gasteiger partial charge >= 0.3 is 0 Å². The molecule has 22 heavy (non-hydrogen) atoms. The van der Waals surface area contributed by atoms with Crippen LogP contribution in [0.25, 0.3) is 0 Å². The van der Waals surface area contributed by atoms with Crippen molar-refractivity contribution in [3.05, 3.63) is 40.8 Å². The molecule has 0 aliphatic rings. The summed E-state index contributed by atoms with van der Waals surface area (Å²) in [7, 11) is 1.36. The Labute approximate surface area is 129 Å². The Morgan fingerprint density at radius 1 is 1.18 bits per heavy atom. The van der Waals surface area contributed by atoms with Crippen molar-refractivity contribution < 1.29 is 13.9 Å². The lowest BCUT2D eigenvalue weighted by atomic mass is 10.1. The predicted octanol–water partition coefficient (Wildman–Crippen LogP) is 3.04. The minimum absolute atomic E-state index is 0.0800. The van der Waals surface area contributed by atoms with Gasteiger partial charge in [-0.25, -0.2) is 4.98 Å². The molecule has 0 radical (unpaired) electrons. The highest BCUT2D eigenvalue weighted by Crippen LogP contribution is 2.24. The molecule has 0 atom stereocenters. The number of benzene rings is 1. The van der Waals surface area contributed by atoms with Gasteiger partial charge in [0.1, 0.15) is 12.4 Å². The third-order valence-corrected chi connectivity index (χ3v) is 3.14. The number of hydrogen-bond acceptors (Lipinski definition) is 5. The molecule has 118 valence electrons. The first-order valence-corrected chi connectivity index (χ1v) is 7.02. The van der Waals surface area contributed by atoms with Crippen LogP contribution in [-0.4, -0.2) is 30.2 Å². The van der Waals surface area contributed by atoms with Gasteiger partial charge in [0.05, 0.1) is 19.9 Å². The van der Waals surface area contributed by atoms with Gasteiger partial charge in [0.15, 0.2) is 0 Å². The molecule has 0 fully saturated rings. The number of ether oxygens (including phenoxy) is 2. The minimum atomic E-state index is -0.588. The van der Waals surface area contributed by atoms with Crippen molar-refractivity contribution in [3.8, 4) is 11.6 Å². The average Bonchev–Trinajstić information content (AvgIpc) is 2.47. The number of aryl methyl sites for hydroxylation is 3. The summed E-state index contributed by atoms with van der Waals surface area (Å²) in [6.07, 6.45) is 1.07. The molecule has 0 aliphatic heterocycles. The highest BCUT2D eigenvalue weighted by atomic mass is 19.1. The fourth-order valence-corrected chi connectivity index (χ4v) is 2.29. The molecule has 0 unspecified atom stereocenters. The Morgan fingerprint density at radius 3 is 2.50 bits per heavy atom. The van der Waals surface area contributed by atoms with E-state index in [9.17, 15) is 4.39 Å². The molecule has 0 aliphatic carbocycles. The zero-order valence-corrected chi connectivity index (χ0v) is 13.2. The molecule has 0 spiro atoms. The van der Waals surface area contributed by atoms with Gasteiger partial charge in [-0.1, -0.05) is 17.7 Å². The number of anilines is 1. The molecule has 2 rings (SSSR count). The van der Waals surface area contributed by atoms with E-state index in [2.05, 4.69) is 34.3 Å². The molecular weight excluding hydrogens is 285 g/mol. The lowest BCUT2D eigenvalue weighted by molar-refractivity contribution is 0.327. The van der Waals surface area contributed by atoms with Crippen molar-refractivity contribution in [2.45, 2.75) is 20.8 Å². The third-order valence-electron chi connectivity index (χ3n) is 3.14. The molecule has 6 heteroatoms. The summed E-state index contributed by atoms with van der Waals surface area (Å²) in [5.41, 5.74) is 3.43. The van der Waals surface area contributed by atoms with Crippen LogP contribution in [0.1, 0.15) is 16.7 Å². The SMILES string of the molecule is COc1nc(NCCOc2c(C)cc(C)cc2C)ncc1F. The van der Waals surface area contributed by atoms with Gasteiger partial charge in [0, 0.05) is 0 Å². The van der Waals surface area contributed by atoms with E-state index in [1.54, 1.807) is 0 Å². The van der Waals surface area contributed by atoms with Crippen LogP contribution in [0.5, 0.6) is 11.6 Å². The van der Waals surface area contributed by atoms with Crippen LogP contribution < -0.4 is 14.8 Å². The van der Waals surface area contributed by atoms with E-state index in [0.29, 0.717) is 19.1 Å². The first-order chi connectivity index (χ1) is 10.5. The van der Waals surface area contributed by atoms with E-state index < -0.39 is 5.82 Å². The maximum absolute atomic E-state index is 13.2. The average molecular weight is 305 g/mol. The number of nitrogens with zero attached hydrogens (tertiary/aromatic N) is 2. The number of methoxy groups -OCH3 is 1. The maximum atomic E-state index is 13.2. The summed E-state index contributed by atoms with van der Waals surface area (Å²) in [5, 5.41) is 2.97. The van der Waals surface area contributed by atoms with E-state index in [-0.39, 0.29) is 5.88 Å². The second-order valence-electron chi connectivity index (χ2n) is 5.05. The van der Waals surface area contributed by atoms with Gasteiger partial charge in [-0.05, 0) is 31.9 Å². The molecule has 1 aromatic heterocycles. The maximum Gasteiger partial charge on any atom is 0.255 e. The number of rotatable bonds is 6. The van der Waals surface area contributed by atoms with Crippen molar-refractivity contribution in [2.75, 3.05) is 25.6 Å². The normalized spacial score (nSPS) is 10.4. The summed E-state index contributed by atoms with van der Waals surface area (Å²) < 4.78 is 23.8. The van der Waals surface area contributed by atoms with Crippen LogP contribution in [-0.2, 0) is 0 Å². The smallest absolute Gasteiger partial charge is 0.255 e. The zero-order chi connectivity index (χ0) is 16.1. The zero-order valence-electron chi connectivity index (χ0n) is 13.2. The van der Waals surface area contributed by atoms with Crippen LogP contribution in [0.15, 0.2) is 18.3 Å². The number of hydrogen-bond donors (Lipinski definition) is 1. The largest absolute Gasteiger partial charge is 0.491 e. The first-order valence-electron chi connectivity index (χ1n) is 7.02.